The number of aliphatic hydroxyl groups is 3. The second-order valence-corrected chi connectivity index (χ2v) is 11.7. The van der Waals surface area contributed by atoms with Gasteiger partial charge in [0, 0.05) is 13.5 Å². The number of nitrogens with one attached hydrogen (secondary N) is 2. The highest BCUT2D eigenvalue weighted by Gasteiger charge is 2.43. The topological polar surface area (TPSA) is 156 Å². The molecule has 1 heterocycles. The van der Waals surface area contributed by atoms with Crippen LogP contribution in [0.15, 0.2) is 84.9 Å². The molecule has 3 aromatic rings. The van der Waals surface area contributed by atoms with Crippen LogP contribution in [0.1, 0.15) is 34.7 Å². The Kier molecular flexibility index (Phi) is 11.9. The van der Waals surface area contributed by atoms with E-state index in [1.165, 1.54) is 0 Å². The molecular formula is C35H42N2O9. The Balaban J connectivity index is 1.35. The predicted octanol–water partition coefficient (Wildman–Crippen LogP) is 1.57. The van der Waals surface area contributed by atoms with Crippen LogP contribution in [-0.2, 0) is 48.2 Å². The number of hydrogen-bond acceptors (Lipinski definition) is 9. The molecule has 0 saturated carbocycles. The quantitative estimate of drug-likeness (QED) is 0.168. The zero-order chi connectivity index (χ0) is 32.5. The van der Waals surface area contributed by atoms with Crippen LogP contribution in [0.5, 0.6) is 0 Å². The van der Waals surface area contributed by atoms with Crippen molar-refractivity contribution < 1.29 is 43.9 Å². The Bertz CT molecular complexity index is 1410. The second-order valence-electron chi connectivity index (χ2n) is 11.7. The molecule has 8 atom stereocenters. The first-order chi connectivity index (χ1) is 22.3. The Labute approximate surface area is 268 Å². The van der Waals surface area contributed by atoms with E-state index in [0.717, 1.165) is 22.3 Å². The zero-order valence-electron chi connectivity index (χ0n) is 25.7. The largest absolute Gasteiger partial charge is 0.390 e. The molecular weight excluding hydrogens is 592 g/mol. The van der Waals surface area contributed by atoms with Gasteiger partial charge in [-0.15, -0.1) is 0 Å². The number of rotatable bonds is 15. The van der Waals surface area contributed by atoms with Gasteiger partial charge in [0.25, 0.3) is 11.8 Å². The van der Waals surface area contributed by atoms with Crippen molar-refractivity contribution in [3.8, 4) is 0 Å². The molecule has 1 fully saturated rings. The summed E-state index contributed by atoms with van der Waals surface area (Å²) >= 11 is 0. The van der Waals surface area contributed by atoms with Crippen LogP contribution in [0.4, 0.5) is 0 Å². The lowest BCUT2D eigenvalue weighted by atomic mass is 9.99. The molecule has 3 aromatic carbocycles. The normalized spacial score (nSPS) is 23.2. The van der Waals surface area contributed by atoms with Gasteiger partial charge in [-0.3, -0.25) is 9.59 Å². The average molecular weight is 635 g/mol. The Morgan fingerprint density at radius 2 is 1.37 bits per heavy atom. The Morgan fingerprint density at radius 3 is 1.96 bits per heavy atom. The maximum absolute atomic E-state index is 13.8. The van der Waals surface area contributed by atoms with Crippen LogP contribution < -0.4 is 10.6 Å². The molecule has 0 radical (unpaired) electrons. The number of ether oxygens (including phenoxy) is 4. The molecule has 0 spiro atoms. The van der Waals surface area contributed by atoms with E-state index in [1.54, 1.807) is 19.2 Å². The maximum Gasteiger partial charge on any atom is 0.252 e. The third-order valence-electron chi connectivity index (χ3n) is 8.31. The number of amides is 2. The first-order valence-corrected chi connectivity index (χ1v) is 15.5. The van der Waals surface area contributed by atoms with Crippen LogP contribution >= 0.6 is 0 Å². The van der Waals surface area contributed by atoms with Crippen LogP contribution in [0.2, 0.25) is 0 Å². The summed E-state index contributed by atoms with van der Waals surface area (Å²) in [6.45, 7) is 0.523. The van der Waals surface area contributed by atoms with Crippen molar-refractivity contribution in [2.75, 3.05) is 20.3 Å². The summed E-state index contributed by atoms with van der Waals surface area (Å²) in [5.41, 5.74) is 3.14. The minimum absolute atomic E-state index is 0.0387. The smallest absolute Gasteiger partial charge is 0.252 e. The van der Waals surface area contributed by atoms with E-state index in [1.807, 2.05) is 72.8 Å². The lowest BCUT2D eigenvalue weighted by Crippen LogP contribution is -2.57. The summed E-state index contributed by atoms with van der Waals surface area (Å²) in [4.78, 5) is 27.4. The number of benzene rings is 3. The number of methoxy groups -OCH3 is 1. The molecule has 1 aliphatic carbocycles. The molecule has 2 aliphatic rings. The van der Waals surface area contributed by atoms with Crippen LogP contribution in [0.25, 0.3) is 0 Å². The number of aliphatic hydroxyl groups excluding tert-OH is 3. The molecule has 11 heteroatoms. The second kappa shape index (κ2) is 16.2. The van der Waals surface area contributed by atoms with Crippen LogP contribution in [0.3, 0.4) is 0 Å². The number of carbonyl (C=O) groups excluding carboxylic acids is 2. The first kappa shape index (κ1) is 33.7. The van der Waals surface area contributed by atoms with Crippen LogP contribution in [0, 0.1) is 0 Å². The fraction of sp³-hybridized carbons (Fsp3) is 0.429. The van der Waals surface area contributed by atoms with Gasteiger partial charge in [0.2, 0.25) is 0 Å². The van der Waals surface area contributed by atoms with Gasteiger partial charge in [0.15, 0.2) is 12.2 Å². The maximum atomic E-state index is 13.8. The van der Waals surface area contributed by atoms with Gasteiger partial charge >= 0.3 is 0 Å². The molecule has 11 nitrogen and oxygen atoms in total. The number of fused-ring (bicyclic) bond motifs is 1. The lowest BCUT2D eigenvalue weighted by molar-refractivity contribution is -0.171. The van der Waals surface area contributed by atoms with Gasteiger partial charge < -0.3 is 44.9 Å². The molecule has 1 saturated heterocycles. The van der Waals surface area contributed by atoms with Crippen LogP contribution in [-0.4, -0.2) is 90.1 Å². The van der Waals surface area contributed by atoms with E-state index in [9.17, 15) is 24.9 Å². The summed E-state index contributed by atoms with van der Waals surface area (Å²) in [5, 5.41) is 39.5. The van der Waals surface area contributed by atoms with Crippen molar-refractivity contribution in [2.45, 2.75) is 74.8 Å². The standard InChI is InChI=1S/C35H42N2O9/c1-43-21-26-17-25(20-44-26)36-34(41)32(45-18-22-10-4-2-5-11-22)30(39)31(40)33(46-19-23-12-6-3-7-13-23)35(42)37-29-27-15-9-8-14-24(27)16-28(29)38/h2-15,25-26,28-33,38-40H,16-21H2,1H3,(H,36,41)(H,37,42)/t25?,26-,28+,29-,30+,31+,32+,33+/m0/s1. The van der Waals surface area contributed by atoms with Gasteiger partial charge in [0.05, 0.1) is 50.7 Å². The summed E-state index contributed by atoms with van der Waals surface area (Å²) in [6.07, 6.45) is -7.16. The third kappa shape index (κ3) is 8.56. The summed E-state index contributed by atoms with van der Waals surface area (Å²) < 4.78 is 22.7. The highest BCUT2D eigenvalue weighted by molar-refractivity contribution is 5.84. The van der Waals surface area contributed by atoms with Crippen molar-refractivity contribution in [3.63, 3.8) is 0 Å². The molecule has 0 aromatic heterocycles. The molecule has 0 bridgehead atoms. The molecule has 246 valence electrons. The Hall–Kier alpha value is -3.68. The van der Waals surface area contributed by atoms with Crippen molar-refractivity contribution in [2.24, 2.45) is 0 Å². The van der Waals surface area contributed by atoms with Gasteiger partial charge in [-0.1, -0.05) is 84.9 Å². The monoisotopic (exact) mass is 634 g/mol. The van der Waals surface area contributed by atoms with Crippen molar-refractivity contribution >= 4 is 11.8 Å². The SMILES string of the molecule is COC[C@@H]1CC(NC(=O)[C@H](OCc2ccccc2)[C@H](O)[C@@H](O)[C@@H](OCc2ccccc2)C(=O)N[C@H]2c3ccccc3C[C@H]2O)CO1. The van der Waals surface area contributed by atoms with E-state index in [-0.39, 0.29) is 32.0 Å². The van der Waals surface area contributed by atoms with E-state index >= 15 is 0 Å². The van der Waals surface area contributed by atoms with Crippen molar-refractivity contribution in [3.05, 3.63) is 107 Å². The van der Waals surface area contributed by atoms with Gasteiger partial charge in [-0.05, 0) is 28.7 Å². The summed E-state index contributed by atoms with van der Waals surface area (Å²) in [6, 6.07) is 24.4. The lowest BCUT2D eigenvalue weighted by Gasteiger charge is -2.32. The summed E-state index contributed by atoms with van der Waals surface area (Å²) in [7, 11) is 1.57. The number of hydrogen-bond donors (Lipinski definition) is 5. The fourth-order valence-corrected chi connectivity index (χ4v) is 5.91. The molecule has 5 rings (SSSR count). The number of carbonyl (C=O) groups is 2. The molecule has 1 aliphatic heterocycles. The van der Waals surface area contributed by atoms with Gasteiger partial charge in [-0.25, -0.2) is 0 Å². The van der Waals surface area contributed by atoms with E-state index in [0.29, 0.717) is 19.4 Å². The minimum atomic E-state index is -1.88. The van der Waals surface area contributed by atoms with Crippen molar-refractivity contribution in [1.29, 1.82) is 0 Å². The summed E-state index contributed by atoms with van der Waals surface area (Å²) in [5.74, 6) is -1.42. The molecule has 5 N–H and O–H groups in total. The van der Waals surface area contributed by atoms with E-state index in [4.69, 9.17) is 18.9 Å². The van der Waals surface area contributed by atoms with Gasteiger partial charge in [-0.2, -0.15) is 0 Å². The van der Waals surface area contributed by atoms with E-state index in [2.05, 4.69) is 10.6 Å². The van der Waals surface area contributed by atoms with E-state index < -0.39 is 48.4 Å². The van der Waals surface area contributed by atoms with Crippen molar-refractivity contribution in [1.82, 2.24) is 10.6 Å². The van der Waals surface area contributed by atoms with Gasteiger partial charge in [0.1, 0.15) is 12.2 Å². The molecule has 46 heavy (non-hydrogen) atoms. The molecule has 1 unspecified atom stereocenters. The minimum Gasteiger partial charge on any atom is -0.390 e. The molecule has 2 amide bonds. The fourth-order valence-electron chi connectivity index (χ4n) is 5.91. The predicted molar refractivity (Wildman–Crippen MR) is 167 cm³/mol. The highest BCUT2D eigenvalue weighted by Crippen LogP contribution is 2.31. The average Bonchev–Trinajstić information content (AvgIpc) is 3.64. The zero-order valence-corrected chi connectivity index (χ0v) is 25.7. The first-order valence-electron chi connectivity index (χ1n) is 15.5. The Morgan fingerprint density at radius 1 is 0.826 bits per heavy atom. The highest BCUT2D eigenvalue weighted by atomic mass is 16.5. The third-order valence-corrected chi connectivity index (χ3v) is 8.31.